The number of carbonyl (C=O) groups is 1. The van der Waals surface area contributed by atoms with Crippen molar-refractivity contribution in [3.8, 4) is 0 Å². The van der Waals surface area contributed by atoms with Gasteiger partial charge in [-0.05, 0) is 52.1 Å². The van der Waals surface area contributed by atoms with Crippen LogP contribution >= 0.6 is 15.9 Å². The van der Waals surface area contributed by atoms with Crippen molar-refractivity contribution in [3.63, 3.8) is 0 Å². The number of hydrogen-bond donors (Lipinski definition) is 1. The highest BCUT2D eigenvalue weighted by Crippen LogP contribution is 2.29. The molecule has 0 unspecified atom stereocenters. The largest absolute Gasteiger partial charge is 0.352 e. The van der Waals surface area contributed by atoms with Crippen molar-refractivity contribution in [1.82, 2.24) is 5.32 Å². The van der Waals surface area contributed by atoms with Gasteiger partial charge in [0.2, 0.25) is 10.5 Å². The Hall–Kier alpha value is -1.42. The lowest BCUT2D eigenvalue weighted by Crippen LogP contribution is -2.39. The number of rotatable bonds is 2. The number of halogens is 2. The zero-order valence-corrected chi connectivity index (χ0v) is 12.4. The molecule has 1 N–H and O–H groups in total. The molecule has 0 spiro atoms. The van der Waals surface area contributed by atoms with E-state index in [-0.39, 0.29) is 17.9 Å². The van der Waals surface area contributed by atoms with Crippen LogP contribution in [0, 0.1) is 5.92 Å². The van der Waals surface area contributed by atoms with E-state index in [1.807, 2.05) is 12.1 Å². The molecule has 0 saturated carbocycles. The first kappa shape index (κ1) is 13.6. The van der Waals surface area contributed by atoms with Gasteiger partial charge in [-0.15, -0.1) is 0 Å². The third-order valence-corrected chi connectivity index (χ3v) is 4.28. The lowest BCUT2D eigenvalue weighted by atomic mass is 10.0. The molecule has 4 heteroatoms. The van der Waals surface area contributed by atoms with Crippen molar-refractivity contribution < 1.29 is 9.18 Å². The molecule has 1 aromatic carbocycles. The molecule has 1 aromatic rings. The predicted molar refractivity (Wildman–Crippen MR) is 80.3 cm³/mol. The number of fused-ring (bicyclic) bond motifs is 1. The summed E-state index contributed by atoms with van der Waals surface area (Å²) in [4.78, 5) is 12.2. The van der Waals surface area contributed by atoms with Crippen molar-refractivity contribution in [2.75, 3.05) is 0 Å². The molecule has 0 radical (unpaired) electrons. The first-order chi connectivity index (χ1) is 9.53. The number of carbonyl (C=O) groups excluding carboxylic acids is 1. The molecule has 1 amide bonds. The Morgan fingerprint density at radius 3 is 2.30 bits per heavy atom. The Bertz CT molecular complexity index is 553. The zero-order chi connectivity index (χ0) is 14.2. The zero-order valence-electron chi connectivity index (χ0n) is 10.9. The maximum Gasteiger partial charge on any atom is 0.231 e. The smallest absolute Gasteiger partial charge is 0.231 e. The standard InChI is InChI=1S/C16H15BrFNO/c17-16(18)7-5-11(6-8-16)15(20)19-14-9-12-3-1-2-4-13(12)10-14/h1-8,11,14H,9-10H2,(H,19,20). The van der Waals surface area contributed by atoms with Gasteiger partial charge in [-0.25, -0.2) is 4.39 Å². The second-order valence-corrected chi connectivity index (χ2v) is 6.52. The van der Waals surface area contributed by atoms with Gasteiger partial charge in [0.05, 0.1) is 5.92 Å². The molecule has 20 heavy (non-hydrogen) atoms. The van der Waals surface area contributed by atoms with Crippen molar-refractivity contribution in [2.45, 2.75) is 23.5 Å². The minimum absolute atomic E-state index is 0.0710. The van der Waals surface area contributed by atoms with Crippen LogP contribution < -0.4 is 5.32 Å². The minimum Gasteiger partial charge on any atom is -0.352 e. The summed E-state index contributed by atoms with van der Waals surface area (Å²) in [6.07, 6.45) is 7.64. The molecule has 104 valence electrons. The van der Waals surface area contributed by atoms with Crippen molar-refractivity contribution in [2.24, 2.45) is 5.92 Å². The molecule has 0 aliphatic heterocycles. The van der Waals surface area contributed by atoms with Crippen molar-refractivity contribution in [3.05, 3.63) is 59.7 Å². The van der Waals surface area contributed by atoms with Crippen LogP contribution in [0.1, 0.15) is 11.1 Å². The fourth-order valence-corrected chi connectivity index (χ4v) is 3.02. The molecule has 0 aromatic heterocycles. The number of nitrogens with one attached hydrogen (secondary N) is 1. The van der Waals surface area contributed by atoms with E-state index in [4.69, 9.17) is 0 Å². The molecule has 2 nitrogen and oxygen atoms in total. The van der Waals surface area contributed by atoms with Gasteiger partial charge in [0.15, 0.2) is 0 Å². The number of allylic oxidation sites excluding steroid dienone is 2. The number of alkyl halides is 2. The van der Waals surface area contributed by atoms with Crippen LogP contribution in [0.5, 0.6) is 0 Å². The van der Waals surface area contributed by atoms with Gasteiger partial charge in [0.25, 0.3) is 0 Å². The minimum atomic E-state index is -1.62. The van der Waals surface area contributed by atoms with Gasteiger partial charge in [0.1, 0.15) is 0 Å². The van der Waals surface area contributed by atoms with Crippen LogP contribution in [0.25, 0.3) is 0 Å². The third-order valence-electron chi connectivity index (χ3n) is 3.75. The summed E-state index contributed by atoms with van der Waals surface area (Å²) in [6, 6.07) is 8.38. The highest BCUT2D eigenvalue weighted by Gasteiger charge is 2.28. The SMILES string of the molecule is O=C(NC1Cc2ccccc2C1)C1C=CC(F)(Br)C=C1. The van der Waals surface area contributed by atoms with Crippen molar-refractivity contribution >= 4 is 21.8 Å². The quantitative estimate of drug-likeness (QED) is 0.653. The van der Waals surface area contributed by atoms with Crippen LogP contribution in [0.2, 0.25) is 0 Å². The molecule has 0 fully saturated rings. The van der Waals surface area contributed by atoms with E-state index < -0.39 is 4.58 Å². The van der Waals surface area contributed by atoms with Gasteiger partial charge in [-0.3, -0.25) is 4.79 Å². The Labute approximate surface area is 125 Å². The first-order valence-corrected chi connectivity index (χ1v) is 7.46. The average molecular weight is 336 g/mol. The Morgan fingerprint density at radius 2 is 1.75 bits per heavy atom. The van der Waals surface area contributed by atoms with Gasteiger partial charge in [-0.1, -0.05) is 36.4 Å². The molecule has 0 bridgehead atoms. The van der Waals surface area contributed by atoms with E-state index in [1.165, 1.54) is 23.3 Å². The molecular weight excluding hydrogens is 321 g/mol. The monoisotopic (exact) mass is 335 g/mol. The Kier molecular flexibility index (Phi) is 3.50. The van der Waals surface area contributed by atoms with E-state index in [0.29, 0.717) is 0 Å². The van der Waals surface area contributed by atoms with Gasteiger partial charge in [0, 0.05) is 6.04 Å². The maximum absolute atomic E-state index is 13.5. The summed E-state index contributed by atoms with van der Waals surface area (Å²) in [5, 5.41) is 3.04. The van der Waals surface area contributed by atoms with Gasteiger partial charge in [-0.2, -0.15) is 0 Å². The topological polar surface area (TPSA) is 29.1 Å². The molecular formula is C16H15BrFNO. The van der Waals surface area contributed by atoms with Gasteiger partial charge < -0.3 is 5.32 Å². The molecule has 2 aliphatic carbocycles. The third kappa shape index (κ3) is 2.85. The number of amides is 1. The summed E-state index contributed by atoms with van der Waals surface area (Å²) in [5.41, 5.74) is 2.60. The fourth-order valence-electron chi connectivity index (χ4n) is 2.72. The lowest BCUT2D eigenvalue weighted by molar-refractivity contribution is -0.123. The molecule has 3 rings (SSSR count). The fraction of sp³-hybridized carbons (Fsp3) is 0.312. The number of hydrogen-bond acceptors (Lipinski definition) is 1. The normalized spacial score (nSPS) is 28.4. The summed E-state index contributed by atoms with van der Waals surface area (Å²) in [5.74, 6) is -0.460. The van der Waals surface area contributed by atoms with Crippen LogP contribution in [0.3, 0.4) is 0 Å². The van der Waals surface area contributed by atoms with E-state index in [0.717, 1.165) is 12.8 Å². The summed E-state index contributed by atoms with van der Waals surface area (Å²) in [7, 11) is 0. The Morgan fingerprint density at radius 1 is 1.20 bits per heavy atom. The van der Waals surface area contributed by atoms with Crippen LogP contribution in [-0.4, -0.2) is 16.5 Å². The van der Waals surface area contributed by atoms with E-state index in [9.17, 15) is 9.18 Å². The van der Waals surface area contributed by atoms with Crippen LogP contribution in [0.15, 0.2) is 48.6 Å². The lowest BCUT2D eigenvalue weighted by Gasteiger charge is -2.19. The second kappa shape index (κ2) is 5.17. The molecule has 0 atom stereocenters. The first-order valence-electron chi connectivity index (χ1n) is 6.67. The van der Waals surface area contributed by atoms with Crippen LogP contribution in [-0.2, 0) is 17.6 Å². The maximum atomic E-state index is 13.5. The molecule has 0 heterocycles. The van der Waals surface area contributed by atoms with Crippen LogP contribution in [0.4, 0.5) is 4.39 Å². The summed E-state index contributed by atoms with van der Waals surface area (Å²) < 4.78 is 11.9. The average Bonchev–Trinajstić information content (AvgIpc) is 2.80. The predicted octanol–water partition coefficient (Wildman–Crippen LogP) is 3.07. The molecule has 0 saturated heterocycles. The highest BCUT2D eigenvalue weighted by molar-refractivity contribution is 9.10. The van der Waals surface area contributed by atoms with E-state index in [1.54, 1.807) is 12.2 Å². The van der Waals surface area contributed by atoms with E-state index >= 15 is 0 Å². The van der Waals surface area contributed by atoms with Gasteiger partial charge >= 0.3 is 0 Å². The molecule has 2 aliphatic rings. The number of benzene rings is 1. The second-order valence-electron chi connectivity index (χ2n) is 5.30. The summed E-state index contributed by atoms with van der Waals surface area (Å²) >= 11 is 2.90. The Balaban J connectivity index is 1.61. The van der Waals surface area contributed by atoms with E-state index in [2.05, 4.69) is 33.4 Å². The summed E-state index contributed by atoms with van der Waals surface area (Å²) in [6.45, 7) is 0. The highest BCUT2D eigenvalue weighted by atomic mass is 79.9. The van der Waals surface area contributed by atoms with Crippen molar-refractivity contribution in [1.29, 1.82) is 0 Å².